The average Bonchev–Trinajstić information content (AvgIpc) is 2.55. The van der Waals surface area contributed by atoms with Crippen molar-refractivity contribution in [1.29, 1.82) is 0 Å². The van der Waals surface area contributed by atoms with Crippen molar-refractivity contribution in [3.8, 4) is 0 Å². The first-order valence-corrected chi connectivity index (χ1v) is 10.9. The van der Waals surface area contributed by atoms with Crippen LogP contribution in [0.4, 0.5) is 11.4 Å². The molecule has 1 atom stereocenters. The van der Waals surface area contributed by atoms with Gasteiger partial charge in [0.25, 0.3) is 0 Å². The minimum Gasteiger partial charge on any atom is -0.377 e. The molecule has 1 aliphatic carbocycles. The standard InChI is InChI=1S/C24H39N3O2/c1-8-17(2)27(22(28)15-24(3,4)5)16-19-14-20(12-13-21(19)26(6)7)25-23(29)18-10-9-11-18/h12-14,17-18H,8-11,15-16H2,1-7H3,(H,25,29)/t17-/m1/s1. The summed E-state index contributed by atoms with van der Waals surface area (Å²) in [6.45, 7) is 11.1. The van der Waals surface area contributed by atoms with Crippen LogP contribution in [0.3, 0.4) is 0 Å². The first kappa shape index (κ1) is 23.2. The van der Waals surface area contributed by atoms with Crippen LogP contribution in [0.2, 0.25) is 0 Å². The second kappa shape index (κ2) is 9.64. The maximum absolute atomic E-state index is 13.1. The lowest BCUT2D eigenvalue weighted by atomic mass is 9.85. The Morgan fingerprint density at radius 2 is 1.86 bits per heavy atom. The summed E-state index contributed by atoms with van der Waals surface area (Å²) in [7, 11) is 4.02. The van der Waals surface area contributed by atoms with Crippen LogP contribution >= 0.6 is 0 Å². The molecule has 29 heavy (non-hydrogen) atoms. The number of rotatable bonds is 8. The largest absolute Gasteiger partial charge is 0.377 e. The lowest BCUT2D eigenvalue weighted by molar-refractivity contribution is -0.136. The number of nitrogens with one attached hydrogen (secondary N) is 1. The summed E-state index contributed by atoms with van der Waals surface area (Å²) in [5, 5.41) is 3.07. The first-order chi connectivity index (χ1) is 13.5. The Bertz CT molecular complexity index is 717. The minimum atomic E-state index is -0.0498. The van der Waals surface area contributed by atoms with E-state index in [1.54, 1.807) is 0 Å². The molecular weight excluding hydrogens is 362 g/mol. The van der Waals surface area contributed by atoms with Crippen molar-refractivity contribution in [2.24, 2.45) is 11.3 Å². The van der Waals surface area contributed by atoms with E-state index in [9.17, 15) is 9.59 Å². The van der Waals surface area contributed by atoms with Gasteiger partial charge in [0.05, 0.1) is 0 Å². The Kier molecular flexibility index (Phi) is 7.73. The van der Waals surface area contributed by atoms with Crippen molar-refractivity contribution >= 4 is 23.2 Å². The fourth-order valence-electron chi connectivity index (χ4n) is 3.59. The molecule has 1 fully saturated rings. The Morgan fingerprint density at radius 1 is 1.21 bits per heavy atom. The predicted molar refractivity (Wildman–Crippen MR) is 121 cm³/mol. The van der Waals surface area contributed by atoms with E-state index in [4.69, 9.17) is 0 Å². The maximum Gasteiger partial charge on any atom is 0.227 e. The topological polar surface area (TPSA) is 52.7 Å². The van der Waals surface area contributed by atoms with Crippen molar-refractivity contribution < 1.29 is 9.59 Å². The number of amides is 2. The lowest BCUT2D eigenvalue weighted by Crippen LogP contribution is -2.39. The van der Waals surface area contributed by atoms with E-state index < -0.39 is 0 Å². The third-order valence-electron chi connectivity index (χ3n) is 5.77. The molecule has 2 rings (SSSR count). The van der Waals surface area contributed by atoms with Crippen molar-refractivity contribution in [3.05, 3.63) is 23.8 Å². The summed E-state index contributed by atoms with van der Waals surface area (Å²) in [5.41, 5.74) is 2.90. The zero-order chi connectivity index (χ0) is 21.8. The van der Waals surface area contributed by atoms with Crippen molar-refractivity contribution in [3.63, 3.8) is 0 Å². The summed E-state index contributed by atoms with van der Waals surface area (Å²) in [4.78, 5) is 29.5. The van der Waals surface area contributed by atoms with E-state index in [1.165, 1.54) is 0 Å². The van der Waals surface area contributed by atoms with Crippen LogP contribution in [-0.2, 0) is 16.1 Å². The molecule has 0 aliphatic heterocycles. The van der Waals surface area contributed by atoms with Crippen LogP contribution in [0, 0.1) is 11.3 Å². The van der Waals surface area contributed by atoms with E-state index in [1.807, 2.05) is 37.2 Å². The molecule has 5 nitrogen and oxygen atoms in total. The van der Waals surface area contributed by atoms with Gasteiger partial charge in [-0.2, -0.15) is 0 Å². The van der Waals surface area contributed by atoms with Gasteiger partial charge in [0.1, 0.15) is 0 Å². The van der Waals surface area contributed by atoms with E-state index in [0.717, 1.165) is 42.6 Å². The number of carbonyl (C=O) groups is 2. The van der Waals surface area contributed by atoms with Gasteiger partial charge in [-0.3, -0.25) is 9.59 Å². The second-order valence-corrected chi connectivity index (χ2v) is 9.87. The highest BCUT2D eigenvalue weighted by atomic mass is 16.2. The number of benzene rings is 1. The van der Waals surface area contributed by atoms with Crippen LogP contribution in [0.1, 0.15) is 72.3 Å². The van der Waals surface area contributed by atoms with Gasteiger partial charge < -0.3 is 15.1 Å². The van der Waals surface area contributed by atoms with Gasteiger partial charge in [0, 0.05) is 50.4 Å². The van der Waals surface area contributed by atoms with Gasteiger partial charge in [-0.15, -0.1) is 0 Å². The zero-order valence-electron chi connectivity index (χ0n) is 19.3. The molecule has 0 saturated heterocycles. The Balaban J connectivity index is 2.28. The fraction of sp³-hybridized carbons (Fsp3) is 0.667. The fourth-order valence-corrected chi connectivity index (χ4v) is 3.59. The number of nitrogens with zero attached hydrogens (tertiary/aromatic N) is 2. The number of anilines is 2. The highest BCUT2D eigenvalue weighted by Gasteiger charge is 2.27. The van der Waals surface area contributed by atoms with Gasteiger partial charge in [0.2, 0.25) is 11.8 Å². The summed E-state index contributed by atoms with van der Waals surface area (Å²) in [6, 6.07) is 6.19. The van der Waals surface area contributed by atoms with Gasteiger partial charge >= 0.3 is 0 Å². The Hall–Kier alpha value is -2.04. The van der Waals surface area contributed by atoms with Crippen LogP contribution in [0.15, 0.2) is 18.2 Å². The van der Waals surface area contributed by atoms with E-state index in [2.05, 4.69) is 44.8 Å². The quantitative estimate of drug-likeness (QED) is 0.663. The van der Waals surface area contributed by atoms with Gasteiger partial charge in [-0.25, -0.2) is 0 Å². The molecule has 0 heterocycles. The third-order valence-corrected chi connectivity index (χ3v) is 5.77. The van der Waals surface area contributed by atoms with Gasteiger partial charge in [-0.1, -0.05) is 34.1 Å². The highest BCUT2D eigenvalue weighted by molar-refractivity contribution is 5.93. The molecule has 2 amide bonds. The molecule has 1 saturated carbocycles. The van der Waals surface area contributed by atoms with Crippen molar-refractivity contribution in [2.75, 3.05) is 24.3 Å². The van der Waals surface area contributed by atoms with E-state index in [-0.39, 0.29) is 29.2 Å². The molecule has 1 N–H and O–H groups in total. The maximum atomic E-state index is 13.1. The van der Waals surface area contributed by atoms with E-state index >= 15 is 0 Å². The van der Waals surface area contributed by atoms with Crippen LogP contribution in [0.5, 0.6) is 0 Å². The van der Waals surface area contributed by atoms with Crippen molar-refractivity contribution in [2.45, 2.75) is 79.3 Å². The molecule has 1 aromatic carbocycles. The normalized spacial score (nSPS) is 15.4. The van der Waals surface area contributed by atoms with Crippen LogP contribution < -0.4 is 10.2 Å². The number of hydrogen-bond acceptors (Lipinski definition) is 3. The predicted octanol–water partition coefficient (Wildman–Crippen LogP) is 5.05. The van der Waals surface area contributed by atoms with Crippen LogP contribution in [-0.4, -0.2) is 36.9 Å². The first-order valence-electron chi connectivity index (χ1n) is 10.9. The molecule has 162 valence electrons. The zero-order valence-corrected chi connectivity index (χ0v) is 19.3. The summed E-state index contributed by atoms with van der Waals surface area (Å²) in [5.74, 6) is 0.444. The number of hydrogen-bond donors (Lipinski definition) is 1. The molecule has 1 aromatic rings. The molecule has 5 heteroatoms. The lowest BCUT2D eigenvalue weighted by Gasteiger charge is -2.33. The highest BCUT2D eigenvalue weighted by Crippen LogP contribution is 2.30. The molecule has 1 aliphatic rings. The Labute approximate surface area is 176 Å². The van der Waals surface area contributed by atoms with Gasteiger partial charge in [-0.05, 0) is 55.4 Å². The molecule has 0 unspecified atom stereocenters. The molecule has 0 bridgehead atoms. The molecule has 0 aromatic heterocycles. The smallest absolute Gasteiger partial charge is 0.227 e. The molecule has 0 radical (unpaired) electrons. The minimum absolute atomic E-state index is 0.0498. The molecular formula is C24H39N3O2. The van der Waals surface area contributed by atoms with Crippen LogP contribution in [0.25, 0.3) is 0 Å². The van der Waals surface area contributed by atoms with E-state index in [0.29, 0.717) is 13.0 Å². The SMILES string of the molecule is CC[C@@H](C)N(Cc1cc(NC(=O)C2CCC2)ccc1N(C)C)C(=O)CC(C)(C)C. The monoisotopic (exact) mass is 401 g/mol. The third kappa shape index (κ3) is 6.48. The molecule has 0 spiro atoms. The summed E-state index contributed by atoms with van der Waals surface area (Å²) in [6.07, 6.45) is 4.54. The van der Waals surface area contributed by atoms with Gasteiger partial charge in [0.15, 0.2) is 0 Å². The van der Waals surface area contributed by atoms with Crippen molar-refractivity contribution in [1.82, 2.24) is 4.90 Å². The summed E-state index contributed by atoms with van der Waals surface area (Å²) >= 11 is 0. The average molecular weight is 402 g/mol. The number of carbonyl (C=O) groups excluding carboxylic acids is 2. The second-order valence-electron chi connectivity index (χ2n) is 9.87. The Morgan fingerprint density at radius 3 is 2.34 bits per heavy atom. The summed E-state index contributed by atoms with van der Waals surface area (Å²) < 4.78 is 0.